The van der Waals surface area contributed by atoms with Crippen LogP contribution in [0.1, 0.15) is 0 Å². The van der Waals surface area contributed by atoms with Crippen molar-refractivity contribution in [2.45, 2.75) is 0 Å². The molecule has 0 fully saturated rings. The van der Waals surface area contributed by atoms with Gasteiger partial charge in [-0.2, -0.15) is 0 Å². The van der Waals surface area contributed by atoms with Crippen LogP contribution in [-0.4, -0.2) is 9.55 Å². The molecule has 0 aliphatic carbocycles. The lowest BCUT2D eigenvalue weighted by molar-refractivity contribution is 0.619. The van der Waals surface area contributed by atoms with Gasteiger partial charge in [0.15, 0.2) is 5.58 Å². The Morgan fingerprint density at radius 1 is 0.444 bits per heavy atom. The number of oxazole rings is 1. The summed E-state index contributed by atoms with van der Waals surface area (Å²) in [6, 6.07) is 65.7. The van der Waals surface area contributed by atoms with Gasteiger partial charge in [-0.1, -0.05) is 103 Å². The highest BCUT2D eigenvalue weighted by atomic mass is 16.4. The molecule has 254 valence electrons. The van der Waals surface area contributed by atoms with Crippen molar-refractivity contribution in [3.8, 4) is 28.3 Å². The molecule has 0 atom stereocenters. The predicted octanol–water partition coefficient (Wildman–Crippen LogP) is 13.6. The summed E-state index contributed by atoms with van der Waals surface area (Å²) in [6.07, 6.45) is 0. The van der Waals surface area contributed by atoms with Crippen molar-refractivity contribution < 1.29 is 8.83 Å². The molecule has 0 bridgehead atoms. The van der Waals surface area contributed by atoms with Gasteiger partial charge >= 0.3 is 0 Å². The van der Waals surface area contributed by atoms with Crippen molar-refractivity contribution in [2.75, 3.05) is 4.90 Å². The first kappa shape index (κ1) is 30.3. The fourth-order valence-electron chi connectivity index (χ4n) is 7.97. The van der Waals surface area contributed by atoms with E-state index in [0.29, 0.717) is 5.89 Å². The van der Waals surface area contributed by atoms with Crippen molar-refractivity contribution >= 4 is 71.9 Å². The highest BCUT2D eigenvalue weighted by Crippen LogP contribution is 2.44. The second kappa shape index (κ2) is 12.1. The minimum Gasteiger partial charge on any atom is -0.456 e. The van der Waals surface area contributed by atoms with Crippen LogP contribution in [0.4, 0.5) is 17.1 Å². The molecule has 0 saturated heterocycles. The number of furan rings is 1. The Balaban J connectivity index is 1.05. The molecule has 3 aromatic heterocycles. The predicted molar refractivity (Wildman–Crippen MR) is 221 cm³/mol. The zero-order valence-electron chi connectivity index (χ0n) is 29.1. The molecule has 0 amide bonds. The van der Waals surface area contributed by atoms with E-state index in [4.69, 9.17) is 13.8 Å². The van der Waals surface area contributed by atoms with Crippen LogP contribution in [0.3, 0.4) is 0 Å². The SMILES string of the molecule is c1ccc(-c2nc3c(ccc4oc5ccc(-c6ccc(N(c7ccccc7)c7cccc8c9ccccc9n(-c9ccccc9)c78)cc6)cc5c43)o2)cc1. The molecular weight excluding hydrogens is 663 g/mol. The molecule has 0 aliphatic heterocycles. The van der Waals surface area contributed by atoms with Crippen LogP contribution in [0.5, 0.6) is 0 Å². The molecule has 0 saturated carbocycles. The maximum atomic E-state index is 6.32. The van der Waals surface area contributed by atoms with Gasteiger partial charge in [0.25, 0.3) is 0 Å². The lowest BCUT2D eigenvalue weighted by Crippen LogP contribution is -2.11. The summed E-state index contributed by atoms with van der Waals surface area (Å²) in [6.45, 7) is 0. The molecule has 8 aromatic carbocycles. The van der Waals surface area contributed by atoms with Gasteiger partial charge in [0.05, 0.1) is 22.1 Å². The first-order valence-electron chi connectivity index (χ1n) is 18.1. The van der Waals surface area contributed by atoms with Crippen molar-refractivity contribution in [2.24, 2.45) is 0 Å². The fraction of sp³-hybridized carbons (Fsp3) is 0. The molecule has 0 spiro atoms. The first-order valence-corrected chi connectivity index (χ1v) is 18.1. The normalized spacial score (nSPS) is 11.7. The summed E-state index contributed by atoms with van der Waals surface area (Å²) in [4.78, 5) is 7.32. The van der Waals surface area contributed by atoms with E-state index in [1.54, 1.807) is 0 Å². The van der Waals surface area contributed by atoms with Crippen molar-refractivity contribution in [1.82, 2.24) is 9.55 Å². The Kier molecular flexibility index (Phi) is 6.79. The average Bonchev–Trinajstić information content (AvgIpc) is 3.94. The topological polar surface area (TPSA) is 47.3 Å². The Morgan fingerprint density at radius 2 is 1.09 bits per heavy atom. The third-order valence-electron chi connectivity index (χ3n) is 10.4. The molecule has 0 aliphatic rings. The molecule has 54 heavy (non-hydrogen) atoms. The van der Waals surface area contributed by atoms with E-state index in [2.05, 4.69) is 155 Å². The van der Waals surface area contributed by atoms with Crippen LogP contribution in [0.25, 0.3) is 83.1 Å². The number of anilines is 3. The summed E-state index contributed by atoms with van der Waals surface area (Å²) in [5.41, 5.74) is 13.0. The Labute approximate surface area is 310 Å². The van der Waals surface area contributed by atoms with E-state index in [0.717, 1.165) is 78.0 Å². The van der Waals surface area contributed by atoms with Crippen molar-refractivity contribution in [1.29, 1.82) is 0 Å². The van der Waals surface area contributed by atoms with Crippen LogP contribution in [0.15, 0.2) is 197 Å². The summed E-state index contributed by atoms with van der Waals surface area (Å²) in [7, 11) is 0. The van der Waals surface area contributed by atoms with Crippen LogP contribution >= 0.6 is 0 Å². The Morgan fingerprint density at radius 3 is 1.91 bits per heavy atom. The van der Waals surface area contributed by atoms with Crippen LogP contribution in [-0.2, 0) is 0 Å². The van der Waals surface area contributed by atoms with E-state index in [-0.39, 0.29) is 0 Å². The maximum Gasteiger partial charge on any atom is 0.227 e. The number of fused-ring (bicyclic) bond motifs is 8. The van der Waals surface area contributed by atoms with E-state index in [9.17, 15) is 0 Å². The number of aromatic nitrogens is 2. The summed E-state index contributed by atoms with van der Waals surface area (Å²) in [5, 5.41) is 4.41. The average molecular weight is 694 g/mol. The number of benzene rings is 8. The molecule has 0 unspecified atom stereocenters. The molecule has 3 heterocycles. The van der Waals surface area contributed by atoms with Gasteiger partial charge in [-0.15, -0.1) is 0 Å². The minimum absolute atomic E-state index is 0.599. The molecule has 0 N–H and O–H groups in total. The zero-order chi connectivity index (χ0) is 35.6. The van der Waals surface area contributed by atoms with E-state index in [1.807, 2.05) is 42.5 Å². The maximum absolute atomic E-state index is 6.32. The monoisotopic (exact) mass is 693 g/mol. The first-order chi connectivity index (χ1) is 26.8. The molecular formula is C49H31N3O2. The van der Waals surface area contributed by atoms with Crippen LogP contribution in [0, 0.1) is 0 Å². The molecule has 11 rings (SSSR count). The highest BCUT2D eigenvalue weighted by Gasteiger charge is 2.22. The second-order valence-electron chi connectivity index (χ2n) is 13.6. The number of hydrogen-bond donors (Lipinski definition) is 0. The fourth-order valence-corrected chi connectivity index (χ4v) is 7.97. The standard InChI is InChI=1S/C49H31N3O2/c1-4-13-33(14-5-1)49-50-47-45(54-49)30-29-44-46(47)40-31-34(25-28-43(40)53-44)32-23-26-37(27-24-32)51(35-15-6-2-7-16-35)42-22-12-20-39-38-19-10-11-21-41(38)52(48(39)42)36-17-8-3-9-18-36/h1-31H. The second-order valence-corrected chi connectivity index (χ2v) is 13.6. The van der Waals surface area contributed by atoms with Gasteiger partial charge in [-0.3, -0.25) is 0 Å². The van der Waals surface area contributed by atoms with Crippen molar-refractivity contribution in [3.63, 3.8) is 0 Å². The Hall–Kier alpha value is -7.37. The quantitative estimate of drug-likeness (QED) is 0.174. The largest absolute Gasteiger partial charge is 0.456 e. The van der Waals surface area contributed by atoms with Gasteiger partial charge in [-0.25, -0.2) is 4.98 Å². The van der Waals surface area contributed by atoms with E-state index >= 15 is 0 Å². The summed E-state index contributed by atoms with van der Waals surface area (Å²) >= 11 is 0. The van der Waals surface area contributed by atoms with E-state index in [1.165, 1.54) is 16.3 Å². The van der Waals surface area contributed by atoms with Gasteiger partial charge < -0.3 is 18.3 Å². The van der Waals surface area contributed by atoms with Gasteiger partial charge in [0.2, 0.25) is 5.89 Å². The molecule has 11 aromatic rings. The number of para-hydroxylation sites is 4. The molecule has 0 radical (unpaired) electrons. The van der Waals surface area contributed by atoms with Crippen LogP contribution < -0.4 is 4.90 Å². The molecule has 5 nitrogen and oxygen atoms in total. The van der Waals surface area contributed by atoms with Crippen LogP contribution in [0.2, 0.25) is 0 Å². The Bertz CT molecular complexity index is 3140. The van der Waals surface area contributed by atoms with E-state index < -0.39 is 0 Å². The number of rotatable bonds is 6. The van der Waals surface area contributed by atoms with Gasteiger partial charge in [0.1, 0.15) is 16.7 Å². The number of hydrogen-bond acceptors (Lipinski definition) is 4. The lowest BCUT2D eigenvalue weighted by Gasteiger charge is -2.27. The summed E-state index contributed by atoms with van der Waals surface area (Å²) < 4.78 is 14.9. The van der Waals surface area contributed by atoms with Gasteiger partial charge in [-0.05, 0) is 96.1 Å². The third kappa shape index (κ3) is 4.76. The highest BCUT2D eigenvalue weighted by molar-refractivity contribution is 6.18. The smallest absolute Gasteiger partial charge is 0.227 e. The summed E-state index contributed by atoms with van der Waals surface area (Å²) in [5.74, 6) is 0.599. The molecule has 5 heteroatoms. The third-order valence-corrected chi connectivity index (χ3v) is 10.4. The number of nitrogens with zero attached hydrogens (tertiary/aromatic N) is 3. The van der Waals surface area contributed by atoms with Gasteiger partial charge in [0, 0.05) is 38.8 Å². The lowest BCUT2D eigenvalue weighted by atomic mass is 10.0. The minimum atomic E-state index is 0.599. The van der Waals surface area contributed by atoms with Crippen molar-refractivity contribution in [3.05, 3.63) is 188 Å². The zero-order valence-corrected chi connectivity index (χ0v) is 29.1.